The highest BCUT2D eigenvalue weighted by atomic mass is 19.3. The van der Waals surface area contributed by atoms with E-state index in [-0.39, 0.29) is 17.2 Å². The van der Waals surface area contributed by atoms with Crippen molar-refractivity contribution >= 4 is 17.6 Å². The average molecular weight is 337 g/mol. The van der Waals surface area contributed by atoms with Crippen LogP contribution in [0.5, 0.6) is 11.5 Å². The van der Waals surface area contributed by atoms with Crippen LogP contribution in [0.25, 0.3) is 0 Å². The lowest BCUT2D eigenvalue weighted by molar-refractivity contribution is -0.384. The molecule has 0 saturated heterocycles. The molecule has 0 spiro atoms. The van der Waals surface area contributed by atoms with Crippen LogP contribution < -0.4 is 14.9 Å². The predicted octanol–water partition coefficient (Wildman–Crippen LogP) is 3.65. The zero-order valence-corrected chi connectivity index (χ0v) is 12.5. The number of nitro groups is 1. The molecule has 0 saturated carbocycles. The minimum atomic E-state index is -2.94. The van der Waals surface area contributed by atoms with E-state index < -0.39 is 11.5 Å². The number of halogens is 2. The molecule has 0 heterocycles. The molecule has 0 amide bonds. The Labute approximate surface area is 135 Å². The number of hydrogen-bond donors (Lipinski definition) is 1. The van der Waals surface area contributed by atoms with Gasteiger partial charge in [0.1, 0.15) is 0 Å². The van der Waals surface area contributed by atoms with E-state index in [1.165, 1.54) is 55.8 Å². The third-order valence-corrected chi connectivity index (χ3v) is 2.89. The Hall–Kier alpha value is -3.23. The first kappa shape index (κ1) is 17.1. The first-order chi connectivity index (χ1) is 11.5. The van der Waals surface area contributed by atoms with E-state index in [4.69, 9.17) is 4.74 Å². The number of non-ortho nitro benzene ring substituents is 1. The van der Waals surface area contributed by atoms with Gasteiger partial charge in [0.25, 0.3) is 5.69 Å². The summed E-state index contributed by atoms with van der Waals surface area (Å²) in [6.07, 6.45) is 1.44. The standard InChI is InChI=1S/C15H13F2N3O4/c1-23-14-8-10(2-7-13(14)24-15(16)17)9-18-19-11-3-5-12(6-4-11)20(21)22/h2-9,15,19H,1H3/b18-9+. The summed E-state index contributed by atoms with van der Waals surface area (Å²) in [4.78, 5) is 10.1. The summed E-state index contributed by atoms with van der Waals surface area (Å²) in [6, 6.07) is 10.1. The van der Waals surface area contributed by atoms with Crippen LogP contribution in [0.3, 0.4) is 0 Å². The van der Waals surface area contributed by atoms with Crippen molar-refractivity contribution in [2.24, 2.45) is 5.10 Å². The quantitative estimate of drug-likeness (QED) is 0.473. The Morgan fingerprint density at radius 3 is 2.50 bits per heavy atom. The Bertz CT molecular complexity index is 736. The van der Waals surface area contributed by atoms with Crippen LogP contribution in [-0.4, -0.2) is 24.9 Å². The van der Waals surface area contributed by atoms with Crippen LogP contribution >= 0.6 is 0 Å². The second kappa shape index (κ2) is 7.86. The van der Waals surface area contributed by atoms with Gasteiger partial charge in [0.2, 0.25) is 0 Å². The number of nitro benzene ring substituents is 1. The van der Waals surface area contributed by atoms with Gasteiger partial charge in [-0.3, -0.25) is 15.5 Å². The van der Waals surface area contributed by atoms with Crippen LogP contribution in [0.15, 0.2) is 47.6 Å². The number of benzene rings is 2. The number of nitrogens with zero attached hydrogens (tertiary/aromatic N) is 2. The van der Waals surface area contributed by atoms with Crippen LogP contribution in [-0.2, 0) is 0 Å². The maximum absolute atomic E-state index is 12.2. The van der Waals surface area contributed by atoms with Crippen molar-refractivity contribution < 1.29 is 23.2 Å². The second-order valence-electron chi connectivity index (χ2n) is 4.46. The maximum Gasteiger partial charge on any atom is 0.387 e. The predicted molar refractivity (Wildman–Crippen MR) is 83.9 cm³/mol. The Balaban J connectivity index is 2.04. The van der Waals surface area contributed by atoms with E-state index in [0.29, 0.717) is 11.3 Å². The molecule has 0 atom stereocenters. The summed E-state index contributed by atoms with van der Waals surface area (Å²) in [7, 11) is 1.34. The van der Waals surface area contributed by atoms with Gasteiger partial charge in [0.05, 0.1) is 23.9 Å². The van der Waals surface area contributed by atoms with Crippen molar-refractivity contribution in [1.29, 1.82) is 0 Å². The first-order valence-corrected chi connectivity index (χ1v) is 6.66. The monoisotopic (exact) mass is 337 g/mol. The molecule has 0 aromatic heterocycles. The number of ether oxygens (including phenoxy) is 2. The van der Waals surface area contributed by atoms with Gasteiger partial charge in [-0.15, -0.1) is 0 Å². The van der Waals surface area contributed by atoms with Gasteiger partial charge in [0, 0.05) is 12.1 Å². The summed E-state index contributed by atoms with van der Waals surface area (Å²) in [6.45, 7) is -2.94. The van der Waals surface area contributed by atoms with Gasteiger partial charge in [-0.25, -0.2) is 0 Å². The van der Waals surface area contributed by atoms with Crippen molar-refractivity contribution in [2.75, 3.05) is 12.5 Å². The van der Waals surface area contributed by atoms with Crippen LogP contribution in [0, 0.1) is 10.1 Å². The molecule has 0 bridgehead atoms. The van der Waals surface area contributed by atoms with Crippen LogP contribution in [0.4, 0.5) is 20.2 Å². The summed E-state index contributed by atoms with van der Waals surface area (Å²) in [5.41, 5.74) is 3.82. The third kappa shape index (κ3) is 4.63. The van der Waals surface area contributed by atoms with E-state index in [9.17, 15) is 18.9 Å². The van der Waals surface area contributed by atoms with Gasteiger partial charge in [0.15, 0.2) is 11.5 Å². The van der Waals surface area contributed by atoms with Gasteiger partial charge in [-0.2, -0.15) is 13.9 Å². The van der Waals surface area contributed by atoms with Gasteiger partial charge >= 0.3 is 6.61 Å². The number of anilines is 1. The minimum absolute atomic E-state index is 0.0242. The molecule has 24 heavy (non-hydrogen) atoms. The SMILES string of the molecule is COc1cc(/C=N/Nc2ccc([N+](=O)[O-])cc2)ccc1OC(F)F. The van der Waals surface area contributed by atoms with Crippen molar-refractivity contribution in [3.05, 3.63) is 58.1 Å². The Kier molecular flexibility index (Phi) is 5.61. The van der Waals surface area contributed by atoms with E-state index in [2.05, 4.69) is 15.3 Å². The molecule has 126 valence electrons. The Morgan fingerprint density at radius 1 is 1.21 bits per heavy atom. The lowest BCUT2D eigenvalue weighted by Crippen LogP contribution is -2.03. The van der Waals surface area contributed by atoms with Gasteiger partial charge in [-0.05, 0) is 35.9 Å². The molecule has 2 aromatic carbocycles. The number of hydrogen-bond acceptors (Lipinski definition) is 6. The van der Waals surface area contributed by atoms with Crippen LogP contribution in [0.2, 0.25) is 0 Å². The number of rotatable bonds is 7. The summed E-state index contributed by atoms with van der Waals surface area (Å²) in [5, 5.41) is 14.5. The van der Waals surface area contributed by atoms with Crippen molar-refractivity contribution in [3.8, 4) is 11.5 Å². The molecule has 0 fully saturated rings. The molecule has 2 rings (SSSR count). The highest BCUT2D eigenvalue weighted by molar-refractivity contribution is 5.81. The van der Waals surface area contributed by atoms with Gasteiger partial charge < -0.3 is 9.47 Å². The third-order valence-electron chi connectivity index (χ3n) is 2.89. The first-order valence-electron chi connectivity index (χ1n) is 6.66. The molecular formula is C15H13F2N3O4. The topological polar surface area (TPSA) is 86.0 Å². The number of nitrogens with one attached hydrogen (secondary N) is 1. The van der Waals surface area contributed by atoms with E-state index in [1.807, 2.05) is 0 Å². The van der Waals surface area contributed by atoms with E-state index in [1.54, 1.807) is 0 Å². The van der Waals surface area contributed by atoms with Crippen molar-refractivity contribution in [2.45, 2.75) is 6.61 Å². The number of alkyl halides is 2. The van der Waals surface area contributed by atoms with E-state index >= 15 is 0 Å². The molecule has 0 radical (unpaired) electrons. The molecule has 0 unspecified atom stereocenters. The lowest BCUT2D eigenvalue weighted by Gasteiger charge is -2.10. The molecule has 2 aromatic rings. The fourth-order valence-electron chi connectivity index (χ4n) is 1.80. The molecule has 0 aliphatic carbocycles. The Morgan fingerprint density at radius 2 is 1.92 bits per heavy atom. The molecular weight excluding hydrogens is 324 g/mol. The smallest absolute Gasteiger partial charge is 0.387 e. The summed E-state index contributed by atoms with van der Waals surface area (Å²) < 4.78 is 33.8. The highest BCUT2D eigenvalue weighted by Gasteiger charge is 2.10. The molecule has 0 aliphatic heterocycles. The zero-order valence-electron chi connectivity index (χ0n) is 12.5. The zero-order chi connectivity index (χ0) is 17.5. The lowest BCUT2D eigenvalue weighted by atomic mass is 10.2. The fourth-order valence-corrected chi connectivity index (χ4v) is 1.80. The summed E-state index contributed by atoms with van der Waals surface area (Å²) in [5.74, 6) is 0.0718. The van der Waals surface area contributed by atoms with Crippen LogP contribution in [0.1, 0.15) is 5.56 Å². The van der Waals surface area contributed by atoms with Crippen molar-refractivity contribution in [1.82, 2.24) is 0 Å². The normalized spacial score (nSPS) is 10.8. The molecule has 1 N–H and O–H groups in total. The van der Waals surface area contributed by atoms with E-state index in [0.717, 1.165) is 0 Å². The molecule has 0 aliphatic rings. The largest absolute Gasteiger partial charge is 0.493 e. The fraction of sp³-hybridized carbons (Fsp3) is 0.133. The van der Waals surface area contributed by atoms with Crippen molar-refractivity contribution in [3.63, 3.8) is 0 Å². The van der Waals surface area contributed by atoms with Gasteiger partial charge in [-0.1, -0.05) is 0 Å². The average Bonchev–Trinajstić information content (AvgIpc) is 2.56. The summed E-state index contributed by atoms with van der Waals surface area (Å²) >= 11 is 0. The maximum atomic E-state index is 12.2. The minimum Gasteiger partial charge on any atom is -0.493 e. The number of methoxy groups -OCH3 is 1. The highest BCUT2D eigenvalue weighted by Crippen LogP contribution is 2.28. The molecule has 7 nitrogen and oxygen atoms in total. The molecule has 9 heteroatoms. The second-order valence-corrected chi connectivity index (χ2v) is 4.46. The number of hydrazone groups is 1.